The van der Waals surface area contributed by atoms with Crippen LogP contribution in [0.3, 0.4) is 0 Å². The lowest BCUT2D eigenvalue weighted by molar-refractivity contribution is -0.101. The Morgan fingerprint density at radius 2 is 2.04 bits per heavy atom. The van der Waals surface area contributed by atoms with E-state index in [-0.39, 0.29) is 6.10 Å². The lowest BCUT2D eigenvalue weighted by Gasteiger charge is -2.36. The Morgan fingerprint density at radius 3 is 2.78 bits per heavy atom. The van der Waals surface area contributed by atoms with Crippen molar-refractivity contribution in [1.29, 1.82) is 0 Å². The zero-order valence-corrected chi connectivity index (χ0v) is 13.2. The summed E-state index contributed by atoms with van der Waals surface area (Å²) in [5, 5.41) is 10.8. The third-order valence-electron chi connectivity index (χ3n) is 4.20. The van der Waals surface area contributed by atoms with Gasteiger partial charge in [-0.15, -0.1) is 0 Å². The second-order valence-corrected chi connectivity index (χ2v) is 6.12. The van der Waals surface area contributed by atoms with E-state index in [1.807, 2.05) is 37.3 Å². The quantitative estimate of drug-likeness (QED) is 0.932. The lowest BCUT2D eigenvalue weighted by atomic mass is 9.84. The highest BCUT2D eigenvalue weighted by Crippen LogP contribution is 2.36. The van der Waals surface area contributed by atoms with E-state index in [1.165, 1.54) is 12.1 Å². The first-order valence-corrected chi connectivity index (χ1v) is 7.87. The molecule has 0 unspecified atom stereocenters. The monoisotopic (exact) mass is 316 g/mol. The van der Waals surface area contributed by atoms with Crippen LogP contribution in [-0.2, 0) is 16.9 Å². The van der Waals surface area contributed by atoms with Gasteiger partial charge in [-0.2, -0.15) is 0 Å². The number of benzene rings is 2. The van der Waals surface area contributed by atoms with Crippen molar-refractivity contribution in [2.75, 3.05) is 6.61 Å². The van der Waals surface area contributed by atoms with Crippen molar-refractivity contribution in [3.05, 3.63) is 65.5 Å². The fraction of sp³-hybridized carbons (Fsp3) is 0.368. The Labute approximate surface area is 135 Å². The predicted molar refractivity (Wildman–Crippen MR) is 85.7 cm³/mol. The van der Waals surface area contributed by atoms with Gasteiger partial charge in [-0.1, -0.05) is 30.3 Å². The minimum Gasteiger partial charge on any atom is -0.489 e. The van der Waals surface area contributed by atoms with Gasteiger partial charge in [-0.05, 0) is 30.2 Å². The molecule has 0 saturated carbocycles. The van der Waals surface area contributed by atoms with Gasteiger partial charge in [0.25, 0.3) is 0 Å². The molecule has 1 aliphatic heterocycles. The van der Waals surface area contributed by atoms with Gasteiger partial charge < -0.3 is 14.6 Å². The number of rotatable bonds is 4. The van der Waals surface area contributed by atoms with E-state index in [4.69, 9.17) is 9.47 Å². The Balaban J connectivity index is 1.79. The molecular formula is C19H21FO3. The average molecular weight is 316 g/mol. The SMILES string of the molecule is C[C@H]1C[C@](O)(c2cc(F)cc(OCc3ccccc3)c2)CCO1. The molecule has 1 heterocycles. The molecule has 0 spiro atoms. The van der Waals surface area contributed by atoms with Gasteiger partial charge in [0.05, 0.1) is 18.3 Å². The number of aliphatic hydroxyl groups is 1. The molecule has 1 saturated heterocycles. The molecule has 3 nitrogen and oxygen atoms in total. The highest BCUT2D eigenvalue weighted by molar-refractivity contribution is 5.34. The molecule has 2 atom stereocenters. The standard InChI is InChI=1S/C19H21FO3/c1-14-12-19(21,7-8-22-14)16-9-17(20)11-18(10-16)23-13-15-5-3-2-4-6-15/h2-6,9-11,14,21H,7-8,12-13H2,1H3/t14-,19-/m0/s1. The highest BCUT2D eigenvalue weighted by atomic mass is 19.1. The van der Waals surface area contributed by atoms with Crippen LogP contribution in [0.1, 0.15) is 30.9 Å². The Hall–Kier alpha value is -1.91. The molecule has 0 radical (unpaired) electrons. The van der Waals surface area contributed by atoms with Gasteiger partial charge in [0.15, 0.2) is 0 Å². The molecule has 1 fully saturated rings. The van der Waals surface area contributed by atoms with Crippen LogP contribution >= 0.6 is 0 Å². The van der Waals surface area contributed by atoms with E-state index in [1.54, 1.807) is 6.07 Å². The van der Waals surface area contributed by atoms with Crippen molar-refractivity contribution in [2.45, 2.75) is 38.1 Å². The fourth-order valence-corrected chi connectivity index (χ4v) is 2.98. The third-order valence-corrected chi connectivity index (χ3v) is 4.20. The zero-order valence-electron chi connectivity index (χ0n) is 13.2. The molecular weight excluding hydrogens is 295 g/mol. The van der Waals surface area contributed by atoms with Gasteiger partial charge in [-0.3, -0.25) is 0 Å². The molecule has 0 amide bonds. The molecule has 2 aromatic rings. The molecule has 0 aromatic heterocycles. The normalized spacial score (nSPS) is 24.4. The van der Waals surface area contributed by atoms with Crippen LogP contribution in [-0.4, -0.2) is 17.8 Å². The number of ether oxygens (including phenoxy) is 2. The van der Waals surface area contributed by atoms with Gasteiger partial charge in [0.1, 0.15) is 18.2 Å². The minimum atomic E-state index is -1.06. The maximum atomic E-state index is 14.0. The van der Waals surface area contributed by atoms with Crippen LogP contribution in [0.15, 0.2) is 48.5 Å². The Bertz CT molecular complexity index is 659. The van der Waals surface area contributed by atoms with Gasteiger partial charge >= 0.3 is 0 Å². The maximum Gasteiger partial charge on any atom is 0.127 e. The van der Waals surface area contributed by atoms with Gasteiger partial charge in [0.2, 0.25) is 0 Å². The first-order valence-electron chi connectivity index (χ1n) is 7.87. The smallest absolute Gasteiger partial charge is 0.127 e. The van der Waals surface area contributed by atoms with Gasteiger partial charge in [-0.25, -0.2) is 4.39 Å². The summed E-state index contributed by atoms with van der Waals surface area (Å²) in [5.74, 6) is 0.0227. The van der Waals surface area contributed by atoms with Crippen molar-refractivity contribution in [2.24, 2.45) is 0 Å². The molecule has 1 N–H and O–H groups in total. The van der Waals surface area contributed by atoms with Crippen molar-refractivity contribution >= 4 is 0 Å². The predicted octanol–water partition coefficient (Wildman–Crippen LogP) is 3.79. The van der Waals surface area contributed by atoms with E-state index in [0.29, 0.717) is 37.4 Å². The first-order chi connectivity index (χ1) is 11.0. The summed E-state index contributed by atoms with van der Waals surface area (Å²) in [4.78, 5) is 0. The summed E-state index contributed by atoms with van der Waals surface area (Å²) in [7, 11) is 0. The second-order valence-electron chi connectivity index (χ2n) is 6.12. The van der Waals surface area contributed by atoms with Crippen molar-refractivity contribution < 1.29 is 19.0 Å². The summed E-state index contributed by atoms with van der Waals surface area (Å²) >= 11 is 0. The maximum absolute atomic E-state index is 14.0. The van der Waals surface area contributed by atoms with Crippen molar-refractivity contribution in [3.63, 3.8) is 0 Å². The highest BCUT2D eigenvalue weighted by Gasteiger charge is 2.35. The Morgan fingerprint density at radius 1 is 1.26 bits per heavy atom. The summed E-state index contributed by atoms with van der Waals surface area (Å²) in [6.45, 7) is 2.74. The fourth-order valence-electron chi connectivity index (χ4n) is 2.98. The molecule has 122 valence electrons. The molecule has 0 bridgehead atoms. The lowest BCUT2D eigenvalue weighted by Crippen LogP contribution is -2.37. The zero-order chi connectivity index (χ0) is 16.3. The van der Waals surface area contributed by atoms with E-state index in [9.17, 15) is 9.50 Å². The largest absolute Gasteiger partial charge is 0.489 e. The first kappa shape index (κ1) is 16.0. The Kier molecular flexibility index (Phi) is 4.64. The van der Waals surface area contributed by atoms with Crippen LogP contribution in [0.4, 0.5) is 4.39 Å². The van der Waals surface area contributed by atoms with Gasteiger partial charge in [0, 0.05) is 18.9 Å². The van der Waals surface area contributed by atoms with Crippen LogP contribution in [0.5, 0.6) is 5.75 Å². The van der Waals surface area contributed by atoms with E-state index < -0.39 is 11.4 Å². The summed E-state index contributed by atoms with van der Waals surface area (Å²) < 4.78 is 25.1. The van der Waals surface area contributed by atoms with Crippen LogP contribution in [0.25, 0.3) is 0 Å². The molecule has 23 heavy (non-hydrogen) atoms. The molecule has 4 heteroatoms. The van der Waals surface area contributed by atoms with Crippen molar-refractivity contribution in [1.82, 2.24) is 0 Å². The van der Waals surface area contributed by atoms with Crippen LogP contribution in [0, 0.1) is 5.82 Å². The number of halogens is 1. The molecule has 3 rings (SSSR count). The average Bonchev–Trinajstić information content (AvgIpc) is 2.53. The number of hydrogen-bond acceptors (Lipinski definition) is 3. The van der Waals surface area contributed by atoms with Crippen LogP contribution < -0.4 is 4.74 Å². The second kappa shape index (κ2) is 6.69. The van der Waals surface area contributed by atoms with Crippen molar-refractivity contribution in [3.8, 4) is 5.75 Å². The van der Waals surface area contributed by atoms with E-state index in [2.05, 4.69) is 0 Å². The van der Waals surface area contributed by atoms with E-state index >= 15 is 0 Å². The summed E-state index contributed by atoms with van der Waals surface area (Å²) in [5.41, 5.74) is 0.498. The summed E-state index contributed by atoms with van der Waals surface area (Å²) in [6.07, 6.45) is 0.860. The topological polar surface area (TPSA) is 38.7 Å². The third kappa shape index (κ3) is 3.89. The molecule has 0 aliphatic carbocycles. The molecule has 2 aromatic carbocycles. The molecule has 1 aliphatic rings. The summed E-state index contributed by atoms with van der Waals surface area (Å²) in [6, 6.07) is 14.2. The minimum absolute atomic E-state index is 0.0503. The van der Waals surface area contributed by atoms with Crippen LogP contribution in [0.2, 0.25) is 0 Å². The van der Waals surface area contributed by atoms with E-state index in [0.717, 1.165) is 5.56 Å². The number of hydrogen-bond donors (Lipinski definition) is 1.